The van der Waals surface area contributed by atoms with Crippen LogP contribution in [0.3, 0.4) is 0 Å². The van der Waals surface area contributed by atoms with Gasteiger partial charge < -0.3 is 9.84 Å². The lowest BCUT2D eigenvalue weighted by atomic mass is 10.1. The molecule has 142 valence electrons. The molecule has 1 aromatic heterocycles. The van der Waals surface area contributed by atoms with Crippen molar-refractivity contribution in [1.82, 2.24) is 14.8 Å². The summed E-state index contributed by atoms with van der Waals surface area (Å²) in [5, 5.41) is 6.53. The van der Waals surface area contributed by atoms with Crippen molar-refractivity contribution in [2.75, 3.05) is 13.1 Å². The van der Waals surface area contributed by atoms with Crippen LogP contribution in [-0.4, -0.2) is 36.9 Å². The second-order valence-electron chi connectivity index (χ2n) is 5.94. The Morgan fingerprint density at radius 3 is 2.38 bits per heavy atom. The SMILES string of the molecule is CCN(CC)S(=O)(=O)c1ccc(CCC(=O)NCc2cc(C)no2)cc1. The number of nitrogens with zero attached hydrogens (tertiary/aromatic N) is 2. The molecule has 0 aliphatic rings. The number of rotatable bonds is 9. The molecule has 1 aromatic carbocycles. The normalized spacial score (nSPS) is 11.7. The molecule has 0 saturated heterocycles. The van der Waals surface area contributed by atoms with E-state index >= 15 is 0 Å². The number of amides is 1. The summed E-state index contributed by atoms with van der Waals surface area (Å²) in [5.41, 5.74) is 1.68. The average molecular weight is 379 g/mol. The van der Waals surface area contributed by atoms with Gasteiger partial charge in [0.2, 0.25) is 15.9 Å². The summed E-state index contributed by atoms with van der Waals surface area (Å²) in [6.07, 6.45) is 0.849. The lowest BCUT2D eigenvalue weighted by Gasteiger charge is -2.18. The van der Waals surface area contributed by atoms with Gasteiger partial charge in [-0.15, -0.1) is 0 Å². The van der Waals surface area contributed by atoms with Gasteiger partial charge in [-0.25, -0.2) is 8.42 Å². The zero-order chi connectivity index (χ0) is 19.2. The van der Waals surface area contributed by atoms with Gasteiger partial charge in [0.15, 0.2) is 5.76 Å². The molecule has 8 heteroatoms. The largest absolute Gasteiger partial charge is 0.359 e. The van der Waals surface area contributed by atoms with Crippen LogP contribution in [0, 0.1) is 6.92 Å². The monoisotopic (exact) mass is 379 g/mol. The highest BCUT2D eigenvalue weighted by Crippen LogP contribution is 2.16. The van der Waals surface area contributed by atoms with Crippen molar-refractivity contribution < 1.29 is 17.7 Å². The van der Waals surface area contributed by atoms with Gasteiger partial charge in [-0.1, -0.05) is 31.1 Å². The molecule has 0 radical (unpaired) electrons. The van der Waals surface area contributed by atoms with E-state index in [1.807, 2.05) is 20.8 Å². The third-order valence-electron chi connectivity index (χ3n) is 4.04. The van der Waals surface area contributed by atoms with Crippen LogP contribution in [0.15, 0.2) is 39.8 Å². The van der Waals surface area contributed by atoms with E-state index in [1.54, 1.807) is 30.3 Å². The van der Waals surface area contributed by atoms with E-state index in [4.69, 9.17) is 4.52 Å². The summed E-state index contributed by atoms with van der Waals surface area (Å²) in [5.74, 6) is 0.515. The van der Waals surface area contributed by atoms with E-state index in [0.29, 0.717) is 38.2 Å². The third-order valence-corrected chi connectivity index (χ3v) is 6.11. The Bertz CT molecular complexity index is 824. The molecular weight excluding hydrogens is 354 g/mol. The molecule has 1 heterocycles. The van der Waals surface area contributed by atoms with Gasteiger partial charge >= 0.3 is 0 Å². The molecule has 2 aromatic rings. The van der Waals surface area contributed by atoms with Crippen LogP contribution in [-0.2, 0) is 27.8 Å². The molecule has 26 heavy (non-hydrogen) atoms. The summed E-state index contributed by atoms with van der Waals surface area (Å²) in [4.78, 5) is 12.2. The molecule has 0 unspecified atom stereocenters. The number of carbonyl (C=O) groups excluding carboxylic acids is 1. The lowest BCUT2D eigenvalue weighted by molar-refractivity contribution is -0.121. The summed E-state index contributed by atoms with van der Waals surface area (Å²) >= 11 is 0. The second-order valence-corrected chi connectivity index (χ2v) is 7.88. The molecule has 2 rings (SSSR count). The molecule has 1 N–H and O–H groups in total. The number of hydrogen-bond acceptors (Lipinski definition) is 5. The zero-order valence-electron chi connectivity index (χ0n) is 15.4. The molecular formula is C18H25N3O4S. The van der Waals surface area contributed by atoms with Gasteiger partial charge in [-0.05, 0) is 31.0 Å². The van der Waals surface area contributed by atoms with Crippen LogP contribution < -0.4 is 5.32 Å². The number of aromatic nitrogens is 1. The van der Waals surface area contributed by atoms with Crippen LogP contribution in [0.25, 0.3) is 0 Å². The summed E-state index contributed by atoms with van der Waals surface area (Å²) in [6, 6.07) is 8.47. The topological polar surface area (TPSA) is 92.5 Å². The number of carbonyl (C=O) groups is 1. The first-order valence-electron chi connectivity index (χ1n) is 8.64. The highest BCUT2D eigenvalue weighted by atomic mass is 32.2. The van der Waals surface area contributed by atoms with Gasteiger partial charge in [-0.3, -0.25) is 4.79 Å². The maximum absolute atomic E-state index is 12.4. The second kappa shape index (κ2) is 8.95. The first-order valence-corrected chi connectivity index (χ1v) is 10.1. The quantitative estimate of drug-likeness (QED) is 0.721. The number of aryl methyl sites for hydroxylation is 2. The van der Waals surface area contributed by atoms with E-state index < -0.39 is 10.0 Å². The molecule has 0 fully saturated rings. The van der Waals surface area contributed by atoms with E-state index in [2.05, 4.69) is 10.5 Å². The van der Waals surface area contributed by atoms with Crippen molar-refractivity contribution in [2.24, 2.45) is 0 Å². The van der Waals surface area contributed by atoms with Crippen molar-refractivity contribution in [3.8, 4) is 0 Å². The number of benzene rings is 1. The third kappa shape index (κ3) is 5.15. The molecule has 0 atom stereocenters. The van der Waals surface area contributed by atoms with Crippen LogP contribution in [0.1, 0.15) is 37.3 Å². The van der Waals surface area contributed by atoms with Crippen LogP contribution >= 0.6 is 0 Å². The van der Waals surface area contributed by atoms with Crippen LogP contribution in [0.4, 0.5) is 0 Å². The first kappa shape index (κ1) is 20.1. The van der Waals surface area contributed by atoms with E-state index in [0.717, 1.165) is 11.3 Å². The van der Waals surface area contributed by atoms with Crippen LogP contribution in [0.2, 0.25) is 0 Å². The Balaban J connectivity index is 1.88. The predicted octanol–water partition coefficient (Wildman–Crippen LogP) is 2.26. The van der Waals surface area contributed by atoms with Gasteiger partial charge in [0.05, 0.1) is 17.1 Å². The van der Waals surface area contributed by atoms with Gasteiger partial charge in [-0.2, -0.15) is 4.31 Å². The molecule has 7 nitrogen and oxygen atoms in total. The molecule has 0 saturated carbocycles. The minimum atomic E-state index is -3.45. The molecule has 0 bridgehead atoms. The Morgan fingerprint density at radius 1 is 1.19 bits per heavy atom. The van der Waals surface area contributed by atoms with E-state index in [1.165, 1.54) is 4.31 Å². The fourth-order valence-corrected chi connectivity index (χ4v) is 4.03. The van der Waals surface area contributed by atoms with Crippen molar-refractivity contribution in [1.29, 1.82) is 0 Å². The highest BCUT2D eigenvalue weighted by Gasteiger charge is 2.21. The average Bonchev–Trinajstić information content (AvgIpc) is 3.04. The molecule has 0 aliphatic carbocycles. The van der Waals surface area contributed by atoms with E-state index in [-0.39, 0.29) is 10.8 Å². The summed E-state index contributed by atoms with van der Waals surface area (Å²) in [7, 11) is -3.45. The maximum Gasteiger partial charge on any atom is 0.243 e. The fourth-order valence-electron chi connectivity index (χ4n) is 2.57. The summed E-state index contributed by atoms with van der Waals surface area (Å²) in [6.45, 7) is 6.62. The molecule has 0 aliphatic heterocycles. The fraction of sp³-hybridized carbons (Fsp3) is 0.444. The van der Waals surface area contributed by atoms with Crippen molar-refractivity contribution in [2.45, 2.75) is 45.1 Å². The van der Waals surface area contributed by atoms with Gasteiger partial charge in [0, 0.05) is 25.6 Å². The Morgan fingerprint density at radius 2 is 1.85 bits per heavy atom. The minimum absolute atomic E-state index is 0.0982. The molecule has 1 amide bonds. The molecule has 0 spiro atoms. The standard InChI is InChI=1S/C18H25N3O4S/c1-4-21(5-2)26(23,24)17-9-6-15(7-10-17)8-11-18(22)19-13-16-12-14(3)20-25-16/h6-7,9-10,12H,4-5,8,11,13H2,1-3H3,(H,19,22). The summed E-state index contributed by atoms with van der Waals surface area (Å²) < 4.78 is 31.3. The van der Waals surface area contributed by atoms with E-state index in [9.17, 15) is 13.2 Å². The Labute approximate surface area is 154 Å². The maximum atomic E-state index is 12.4. The number of sulfonamides is 1. The smallest absolute Gasteiger partial charge is 0.243 e. The lowest BCUT2D eigenvalue weighted by Crippen LogP contribution is -2.30. The van der Waals surface area contributed by atoms with Crippen molar-refractivity contribution >= 4 is 15.9 Å². The highest BCUT2D eigenvalue weighted by molar-refractivity contribution is 7.89. The van der Waals surface area contributed by atoms with Gasteiger partial charge in [0.25, 0.3) is 0 Å². The van der Waals surface area contributed by atoms with Gasteiger partial charge in [0.1, 0.15) is 0 Å². The zero-order valence-corrected chi connectivity index (χ0v) is 16.2. The van der Waals surface area contributed by atoms with Crippen molar-refractivity contribution in [3.05, 3.63) is 47.3 Å². The minimum Gasteiger partial charge on any atom is -0.359 e. The number of nitrogens with one attached hydrogen (secondary N) is 1. The predicted molar refractivity (Wildman–Crippen MR) is 98.0 cm³/mol. The van der Waals surface area contributed by atoms with Crippen molar-refractivity contribution in [3.63, 3.8) is 0 Å². The van der Waals surface area contributed by atoms with Crippen LogP contribution in [0.5, 0.6) is 0 Å². The first-order chi connectivity index (χ1) is 12.4. The Hall–Kier alpha value is -2.19. The number of hydrogen-bond donors (Lipinski definition) is 1. The Kier molecular flexibility index (Phi) is 6.93.